The number of hydrogen-bond donors (Lipinski definition) is 0. The van der Waals surface area contributed by atoms with Gasteiger partial charge in [0.05, 0.1) is 5.56 Å². The molecule has 0 aliphatic rings. The maximum atomic E-state index is 12.3. The highest BCUT2D eigenvalue weighted by Crippen LogP contribution is 2.23. The van der Waals surface area contributed by atoms with E-state index in [2.05, 4.69) is 0 Å². The lowest BCUT2D eigenvalue weighted by Gasteiger charge is -2.19. The summed E-state index contributed by atoms with van der Waals surface area (Å²) >= 11 is 0. The molecule has 2 aromatic rings. The van der Waals surface area contributed by atoms with Gasteiger partial charge in [0.15, 0.2) is 12.9 Å². The van der Waals surface area contributed by atoms with Gasteiger partial charge in [0.2, 0.25) is 0 Å². The van der Waals surface area contributed by atoms with Gasteiger partial charge in [-0.15, -0.1) is 0 Å². The largest absolute Gasteiger partial charge is 0.459 e. The Labute approximate surface area is 164 Å². The highest BCUT2D eigenvalue weighted by Gasteiger charge is 2.21. The quantitative estimate of drug-likeness (QED) is 0.252. The smallest absolute Gasteiger partial charge is 0.373 e. The highest BCUT2D eigenvalue weighted by molar-refractivity contribution is 5.90. The summed E-state index contributed by atoms with van der Waals surface area (Å²) in [5, 5.41) is 0. The minimum Gasteiger partial charge on any atom is -0.459 e. The summed E-state index contributed by atoms with van der Waals surface area (Å²) in [6, 6.07) is 15.9. The fourth-order valence-corrected chi connectivity index (χ4v) is 2.37. The summed E-state index contributed by atoms with van der Waals surface area (Å²) in [6.07, 6.45) is -0.699. The van der Waals surface area contributed by atoms with Gasteiger partial charge in [-0.3, -0.25) is 4.89 Å². The topological polar surface area (TPSA) is 80.3 Å². The maximum Gasteiger partial charge on any atom is 0.373 e. The molecule has 28 heavy (non-hydrogen) atoms. The van der Waals surface area contributed by atoms with Crippen molar-refractivity contribution in [3.05, 3.63) is 71.3 Å². The first-order chi connectivity index (χ1) is 13.7. The fourth-order valence-electron chi connectivity index (χ4n) is 2.37. The molecule has 0 atom stereocenters. The molecule has 0 unspecified atom stereocenters. The standard InChI is InChI=1S/C21H24O7/c1-3-24-21(25-4-2)18-13-9-8-12-17(18)20(23)28-27-15-19(22)26-14-16-10-6-5-7-11-16/h5-13,21H,3-4,14-15H2,1-2H3. The van der Waals surface area contributed by atoms with Crippen LogP contribution in [0.5, 0.6) is 0 Å². The van der Waals surface area contributed by atoms with Gasteiger partial charge < -0.3 is 14.2 Å². The number of ether oxygens (including phenoxy) is 3. The lowest BCUT2D eigenvalue weighted by molar-refractivity contribution is -0.244. The first-order valence-electron chi connectivity index (χ1n) is 9.01. The molecule has 0 fully saturated rings. The van der Waals surface area contributed by atoms with E-state index >= 15 is 0 Å². The molecule has 2 rings (SSSR count). The van der Waals surface area contributed by atoms with Crippen LogP contribution in [0.1, 0.15) is 41.6 Å². The molecule has 0 aromatic heterocycles. The summed E-state index contributed by atoms with van der Waals surface area (Å²) in [6.45, 7) is 4.09. The van der Waals surface area contributed by atoms with E-state index < -0.39 is 24.8 Å². The normalized spacial score (nSPS) is 10.7. The molecule has 0 heterocycles. The molecule has 0 spiro atoms. The van der Waals surface area contributed by atoms with Crippen LogP contribution in [-0.2, 0) is 35.4 Å². The Morgan fingerprint density at radius 3 is 2.21 bits per heavy atom. The van der Waals surface area contributed by atoms with E-state index in [0.29, 0.717) is 18.8 Å². The molecular weight excluding hydrogens is 364 g/mol. The van der Waals surface area contributed by atoms with E-state index in [9.17, 15) is 9.59 Å². The van der Waals surface area contributed by atoms with Crippen LogP contribution in [0.2, 0.25) is 0 Å². The van der Waals surface area contributed by atoms with E-state index in [1.807, 2.05) is 44.2 Å². The van der Waals surface area contributed by atoms with E-state index in [0.717, 1.165) is 5.56 Å². The molecular formula is C21H24O7. The number of carbonyl (C=O) groups excluding carboxylic acids is 2. The summed E-state index contributed by atoms with van der Waals surface area (Å²) in [5.41, 5.74) is 1.60. The number of rotatable bonds is 11. The molecule has 0 aliphatic carbocycles. The van der Waals surface area contributed by atoms with Crippen LogP contribution >= 0.6 is 0 Å². The molecule has 0 aliphatic heterocycles. The van der Waals surface area contributed by atoms with Gasteiger partial charge in [0.1, 0.15) is 6.61 Å². The van der Waals surface area contributed by atoms with Crippen LogP contribution in [0.3, 0.4) is 0 Å². The Hall–Kier alpha value is -2.74. The average Bonchev–Trinajstić information content (AvgIpc) is 2.73. The lowest BCUT2D eigenvalue weighted by atomic mass is 10.1. The number of esters is 1. The van der Waals surface area contributed by atoms with Gasteiger partial charge in [0.25, 0.3) is 0 Å². The second-order valence-corrected chi connectivity index (χ2v) is 5.61. The van der Waals surface area contributed by atoms with Crippen molar-refractivity contribution in [3.63, 3.8) is 0 Å². The Bertz CT molecular complexity index is 739. The van der Waals surface area contributed by atoms with Gasteiger partial charge in [-0.2, -0.15) is 4.89 Å². The van der Waals surface area contributed by atoms with Crippen LogP contribution in [-0.4, -0.2) is 31.8 Å². The zero-order valence-corrected chi connectivity index (χ0v) is 16.0. The first-order valence-corrected chi connectivity index (χ1v) is 9.01. The SMILES string of the molecule is CCOC(OCC)c1ccccc1C(=O)OOCC(=O)OCc1ccccc1. The van der Waals surface area contributed by atoms with Gasteiger partial charge in [0, 0.05) is 18.8 Å². The van der Waals surface area contributed by atoms with Crippen molar-refractivity contribution in [1.82, 2.24) is 0 Å². The molecule has 7 nitrogen and oxygen atoms in total. The average molecular weight is 388 g/mol. The minimum absolute atomic E-state index is 0.115. The molecule has 7 heteroatoms. The van der Waals surface area contributed by atoms with Gasteiger partial charge >= 0.3 is 11.9 Å². The van der Waals surface area contributed by atoms with Crippen molar-refractivity contribution in [3.8, 4) is 0 Å². The van der Waals surface area contributed by atoms with Crippen LogP contribution in [0.15, 0.2) is 54.6 Å². The Balaban J connectivity index is 1.86. The number of benzene rings is 2. The molecule has 0 bridgehead atoms. The molecule has 0 radical (unpaired) electrons. The number of hydrogen-bond acceptors (Lipinski definition) is 7. The van der Waals surface area contributed by atoms with Gasteiger partial charge in [-0.1, -0.05) is 48.5 Å². The summed E-state index contributed by atoms with van der Waals surface area (Å²) in [7, 11) is 0. The van der Waals surface area contributed by atoms with Crippen LogP contribution < -0.4 is 0 Å². The maximum absolute atomic E-state index is 12.3. The molecule has 0 saturated carbocycles. The predicted molar refractivity (Wildman–Crippen MR) is 100 cm³/mol. The Kier molecular flexibility index (Phi) is 9.14. The Morgan fingerprint density at radius 1 is 0.893 bits per heavy atom. The summed E-state index contributed by atoms with van der Waals surface area (Å²) in [5.74, 6) is -1.40. The predicted octanol–water partition coefficient (Wildman–Crippen LogP) is 3.59. The third kappa shape index (κ3) is 6.77. The van der Waals surface area contributed by atoms with Crippen LogP contribution in [0, 0.1) is 0 Å². The highest BCUT2D eigenvalue weighted by atomic mass is 17.2. The van der Waals surface area contributed by atoms with E-state index in [-0.39, 0.29) is 12.2 Å². The van der Waals surface area contributed by atoms with Gasteiger partial charge in [-0.05, 0) is 25.5 Å². The van der Waals surface area contributed by atoms with E-state index in [1.54, 1.807) is 24.3 Å². The molecule has 0 saturated heterocycles. The van der Waals surface area contributed by atoms with Gasteiger partial charge in [-0.25, -0.2) is 9.59 Å². The second-order valence-electron chi connectivity index (χ2n) is 5.61. The van der Waals surface area contributed by atoms with Crippen molar-refractivity contribution < 1.29 is 33.6 Å². The minimum atomic E-state index is -0.754. The van der Waals surface area contributed by atoms with Crippen LogP contribution in [0.4, 0.5) is 0 Å². The monoisotopic (exact) mass is 388 g/mol. The van der Waals surface area contributed by atoms with Crippen LogP contribution in [0.25, 0.3) is 0 Å². The summed E-state index contributed by atoms with van der Waals surface area (Å²) < 4.78 is 16.1. The lowest BCUT2D eigenvalue weighted by Crippen LogP contribution is -2.18. The third-order valence-corrected chi connectivity index (χ3v) is 3.62. The molecule has 0 amide bonds. The molecule has 0 N–H and O–H groups in total. The zero-order valence-electron chi connectivity index (χ0n) is 16.0. The van der Waals surface area contributed by atoms with Crippen molar-refractivity contribution in [1.29, 1.82) is 0 Å². The van der Waals surface area contributed by atoms with E-state index in [4.69, 9.17) is 24.0 Å². The third-order valence-electron chi connectivity index (χ3n) is 3.62. The molecule has 2 aromatic carbocycles. The fraction of sp³-hybridized carbons (Fsp3) is 0.333. The molecule has 150 valence electrons. The summed E-state index contributed by atoms with van der Waals surface area (Å²) in [4.78, 5) is 33.5. The zero-order chi connectivity index (χ0) is 20.2. The first kappa shape index (κ1) is 21.6. The second kappa shape index (κ2) is 11.9. The number of carbonyl (C=O) groups is 2. The van der Waals surface area contributed by atoms with E-state index in [1.165, 1.54) is 0 Å². The van der Waals surface area contributed by atoms with Crippen molar-refractivity contribution >= 4 is 11.9 Å². The van der Waals surface area contributed by atoms with Crippen molar-refractivity contribution in [2.75, 3.05) is 19.8 Å². The van der Waals surface area contributed by atoms with Crippen molar-refractivity contribution in [2.45, 2.75) is 26.7 Å². The van der Waals surface area contributed by atoms with Crippen molar-refractivity contribution in [2.24, 2.45) is 0 Å². The Morgan fingerprint density at radius 2 is 1.54 bits per heavy atom.